The van der Waals surface area contributed by atoms with Crippen LogP contribution in [0.15, 0.2) is 63.5 Å². The van der Waals surface area contributed by atoms with Gasteiger partial charge in [0, 0.05) is 52.6 Å². The van der Waals surface area contributed by atoms with Crippen LogP contribution >= 0.6 is 15.9 Å². The van der Waals surface area contributed by atoms with Crippen LogP contribution in [0.1, 0.15) is 61.1 Å². The highest BCUT2D eigenvalue weighted by atomic mass is 79.9. The van der Waals surface area contributed by atoms with Gasteiger partial charge in [-0.2, -0.15) is 0 Å². The number of anilines is 1. The molecule has 5 rings (SSSR count). The van der Waals surface area contributed by atoms with Gasteiger partial charge < -0.3 is 14.8 Å². The van der Waals surface area contributed by atoms with E-state index < -0.39 is 5.92 Å². The van der Waals surface area contributed by atoms with Crippen LogP contribution in [0, 0.1) is 13.8 Å². The van der Waals surface area contributed by atoms with Crippen molar-refractivity contribution in [1.29, 1.82) is 0 Å². The first kappa shape index (κ1) is 24.5. The first-order valence-corrected chi connectivity index (χ1v) is 13.1. The van der Waals surface area contributed by atoms with Crippen molar-refractivity contribution >= 4 is 39.1 Å². The normalized spacial score (nSPS) is 18.0. The number of carbonyl (C=O) groups excluding carboxylic acids is 3. The number of rotatable bonds is 5. The lowest BCUT2D eigenvalue weighted by atomic mass is 9.73. The molecule has 1 heterocycles. The Balaban J connectivity index is 1.48. The van der Waals surface area contributed by atoms with Gasteiger partial charge >= 0.3 is 0 Å². The molecule has 36 heavy (non-hydrogen) atoms. The van der Waals surface area contributed by atoms with Crippen molar-refractivity contribution in [2.75, 3.05) is 11.9 Å². The number of halogens is 1. The fourth-order valence-electron chi connectivity index (χ4n) is 5.29. The Labute approximate surface area is 218 Å². The topological polar surface area (TPSA) is 81.7 Å². The third-order valence-corrected chi connectivity index (χ3v) is 7.43. The van der Waals surface area contributed by atoms with Crippen LogP contribution in [-0.2, 0) is 19.1 Å². The largest absolute Gasteiger partial charge is 0.483 e. The predicted molar refractivity (Wildman–Crippen MR) is 140 cm³/mol. The monoisotopic (exact) mass is 549 g/mol. The summed E-state index contributed by atoms with van der Waals surface area (Å²) in [4.78, 5) is 39.0. The van der Waals surface area contributed by atoms with Gasteiger partial charge in [-0.25, -0.2) is 0 Å². The molecule has 7 heteroatoms. The summed E-state index contributed by atoms with van der Waals surface area (Å²) in [5, 5.41) is 2.90. The van der Waals surface area contributed by atoms with E-state index in [1.165, 1.54) is 0 Å². The summed E-state index contributed by atoms with van der Waals surface area (Å²) in [5.41, 5.74) is 4.63. The summed E-state index contributed by atoms with van der Waals surface area (Å²) in [7, 11) is 0. The maximum absolute atomic E-state index is 13.1. The number of carbonyl (C=O) groups is 3. The molecule has 0 unspecified atom stereocenters. The number of amides is 1. The van der Waals surface area contributed by atoms with Gasteiger partial charge in [0.15, 0.2) is 18.2 Å². The third-order valence-electron chi connectivity index (χ3n) is 6.94. The molecule has 0 bridgehead atoms. The lowest BCUT2D eigenvalue weighted by Crippen LogP contribution is -2.30. The van der Waals surface area contributed by atoms with E-state index in [9.17, 15) is 14.4 Å². The smallest absolute Gasteiger partial charge is 0.262 e. The molecule has 0 aromatic heterocycles. The summed E-state index contributed by atoms with van der Waals surface area (Å²) in [6.07, 6.45) is 3.68. The van der Waals surface area contributed by atoms with Gasteiger partial charge in [0.2, 0.25) is 0 Å². The zero-order valence-electron chi connectivity index (χ0n) is 20.4. The molecule has 3 aliphatic rings. The second-order valence-electron chi connectivity index (χ2n) is 9.60. The van der Waals surface area contributed by atoms with Gasteiger partial charge in [0.1, 0.15) is 17.3 Å². The minimum absolute atomic E-state index is 0.00434. The summed E-state index contributed by atoms with van der Waals surface area (Å²) in [5.74, 6) is 0.974. The van der Waals surface area contributed by atoms with Crippen LogP contribution in [0.3, 0.4) is 0 Å². The third kappa shape index (κ3) is 4.76. The number of ketones is 2. The zero-order chi connectivity index (χ0) is 25.4. The van der Waals surface area contributed by atoms with E-state index in [0.717, 1.165) is 34.1 Å². The minimum Gasteiger partial charge on any atom is -0.483 e. The second kappa shape index (κ2) is 10.1. The Morgan fingerprint density at radius 1 is 0.972 bits per heavy atom. The summed E-state index contributed by atoms with van der Waals surface area (Å²) >= 11 is 3.54. The molecule has 6 nitrogen and oxygen atoms in total. The SMILES string of the molecule is Cc1ccc(NC(=O)COc2ccc(Br)cc2C2C3=C(CCCC3=O)OC3=C2C(=O)CCC3)c(C)c1. The van der Waals surface area contributed by atoms with Gasteiger partial charge in [-0.3, -0.25) is 14.4 Å². The molecule has 2 aromatic rings. The first-order valence-electron chi connectivity index (χ1n) is 12.3. The van der Waals surface area contributed by atoms with Gasteiger partial charge in [0.05, 0.1) is 5.92 Å². The number of allylic oxidation sites excluding steroid dienone is 4. The van der Waals surface area contributed by atoms with Crippen molar-refractivity contribution in [3.8, 4) is 5.75 Å². The van der Waals surface area contributed by atoms with Crippen molar-refractivity contribution in [3.05, 3.63) is 80.2 Å². The number of hydrogen-bond acceptors (Lipinski definition) is 5. The molecule has 1 amide bonds. The van der Waals surface area contributed by atoms with E-state index in [2.05, 4.69) is 21.2 Å². The summed E-state index contributed by atoms with van der Waals surface area (Å²) in [6.45, 7) is 3.74. The maximum Gasteiger partial charge on any atom is 0.262 e. The van der Waals surface area contributed by atoms with E-state index in [1.54, 1.807) is 6.07 Å². The van der Waals surface area contributed by atoms with E-state index in [1.807, 2.05) is 44.2 Å². The van der Waals surface area contributed by atoms with Gasteiger partial charge in [-0.05, 0) is 56.5 Å². The molecule has 2 aromatic carbocycles. The second-order valence-corrected chi connectivity index (χ2v) is 10.5. The standard InChI is InChI=1S/C29H28BrNO5/c1-16-9-11-20(17(2)13-16)31-26(34)15-35-23-12-10-18(30)14-19(23)27-28-21(32)5-3-7-24(28)36-25-8-4-6-22(33)29(25)27/h9-14,27H,3-8,15H2,1-2H3,(H,31,34). The fraction of sp³-hybridized carbons (Fsp3) is 0.345. The molecule has 0 spiro atoms. The molecule has 0 atom stereocenters. The number of aryl methyl sites for hydroxylation is 2. The van der Waals surface area contributed by atoms with Crippen molar-refractivity contribution in [3.63, 3.8) is 0 Å². The number of ether oxygens (including phenoxy) is 2. The average molecular weight is 550 g/mol. The van der Waals surface area contributed by atoms with Crippen molar-refractivity contribution in [2.24, 2.45) is 0 Å². The lowest BCUT2D eigenvalue weighted by molar-refractivity contribution is -0.119. The van der Waals surface area contributed by atoms with Crippen LogP contribution < -0.4 is 10.1 Å². The Morgan fingerprint density at radius 3 is 2.28 bits per heavy atom. The zero-order valence-corrected chi connectivity index (χ0v) is 22.0. The summed E-state index contributed by atoms with van der Waals surface area (Å²) in [6, 6.07) is 11.3. The molecule has 0 saturated carbocycles. The van der Waals surface area contributed by atoms with Crippen LogP contribution in [0.25, 0.3) is 0 Å². The highest BCUT2D eigenvalue weighted by Crippen LogP contribution is 2.50. The molecular formula is C29H28BrNO5. The molecule has 0 radical (unpaired) electrons. The van der Waals surface area contributed by atoms with E-state index in [0.29, 0.717) is 59.7 Å². The average Bonchev–Trinajstić information content (AvgIpc) is 2.84. The Kier molecular flexibility index (Phi) is 6.84. The molecule has 0 saturated heterocycles. The molecule has 2 aliphatic carbocycles. The highest BCUT2D eigenvalue weighted by molar-refractivity contribution is 9.10. The van der Waals surface area contributed by atoms with Crippen LogP contribution in [0.4, 0.5) is 5.69 Å². The van der Waals surface area contributed by atoms with Crippen LogP contribution in [0.2, 0.25) is 0 Å². The minimum atomic E-state index is -0.556. The molecule has 0 fully saturated rings. The molecule has 1 aliphatic heterocycles. The molecule has 1 N–H and O–H groups in total. The van der Waals surface area contributed by atoms with E-state index >= 15 is 0 Å². The van der Waals surface area contributed by atoms with Gasteiger partial charge in [0.25, 0.3) is 5.91 Å². The predicted octanol–water partition coefficient (Wildman–Crippen LogP) is 6.21. The fourth-order valence-corrected chi connectivity index (χ4v) is 5.67. The first-order chi connectivity index (χ1) is 17.3. The van der Waals surface area contributed by atoms with Crippen molar-refractivity contribution < 1.29 is 23.9 Å². The van der Waals surface area contributed by atoms with Crippen LogP contribution in [0.5, 0.6) is 5.75 Å². The Hall–Kier alpha value is -3.19. The van der Waals surface area contributed by atoms with Gasteiger partial charge in [-0.1, -0.05) is 33.6 Å². The number of hydrogen-bond donors (Lipinski definition) is 1. The van der Waals surface area contributed by atoms with Crippen molar-refractivity contribution in [2.45, 2.75) is 58.3 Å². The van der Waals surface area contributed by atoms with Crippen LogP contribution in [-0.4, -0.2) is 24.1 Å². The van der Waals surface area contributed by atoms with Gasteiger partial charge in [-0.15, -0.1) is 0 Å². The highest BCUT2D eigenvalue weighted by Gasteiger charge is 2.42. The Bertz CT molecular complexity index is 1300. The Morgan fingerprint density at radius 2 is 1.64 bits per heavy atom. The summed E-state index contributed by atoms with van der Waals surface area (Å²) < 4.78 is 13.0. The lowest BCUT2D eigenvalue weighted by Gasteiger charge is -2.36. The molecule has 186 valence electrons. The number of nitrogens with one attached hydrogen (secondary N) is 1. The quantitative estimate of drug-likeness (QED) is 0.479. The number of Topliss-reactive ketones (excluding diaryl/α,β-unsaturated/α-hetero) is 2. The van der Waals surface area contributed by atoms with E-state index in [-0.39, 0.29) is 24.1 Å². The van der Waals surface area contributed by atoms with E-state index in [4.69, 9.17) is 9.47 Å². The van der Waals surface area contributed by atoms with Crippen molar-refractivity contribution in [1.82, 2.24) is 0 Å². The maximum atomic E-state index is 13.1. The number of benzene rings is 2. The molecular weight excluding hydrogens is 522 g/mol.